The lowest BCUT2D eigenvalue weighted by molar-refractivity contribution is 0.172. The molecule has 0 bridgehead atoms. The molecule has 1 N–H and O–H groups in total. The number of benzene rings is 1. The van der Waals surface area contributed by atoms with Gasteiger partial charge in [-0.3, -0.25) is 4.90 Å². The van der Waals surface area contributed by atoms with Crippen LogP contribution in [-0.4, -0.2) is 31.1 Å². The number of hydrogen-bond donors (Lipinski definition) is 1. The molecule has 112 valence electrons. The molecule has 1 atom stereocenters. The van der Waals surface area contributed by atoms with E-state index in [9.17, 15) is 4.39 Å². The Labute approximate surface area is 135 Å². The van der Waals surface area contributed by atoms with E-state index in [2.05, 4.69) is 16.3 Å². The molecule has 0 aliphatic carbocycles. The van der Waals surface area contributed by atoms with Crippen molar-refractivity contribution in [2.45, 2.75) is 12.5 Å². The summed E-state index contributed by atoms with van der Waals surface area (Å²) in [4.78, 5) is 2.13. The number of piperazine rings is 1. The van der Waals surface area contributed by atoms with Crippen molar-refractivity contribution in [1.82, 2.24) is 10.2 Å². The Morgan fingerprint density at radius 2 is 2.00 bits per heavy atom. The molecule has 7 heteroatoms. The van der Waals surface area contributed by atoms with Crippen LogP contribution in [0, 0.1) is 17.1 Å². The molecule has 1 aliphatic heterocycles. The summed E-state index contributed by atoms with van der Waals surface area (Å²) in [5.74, 6) is -0.293. The van der Waals surface area contributed by atoms with Gasteiger partial charge in [0.25, 0.3) is 0 Å². The van der Waals surface area contributed by atoms with Gasteiger partial charge in [-0.15, -0.1) is 24.8 Å². The molecule has 1 saturated heterocycles. The molecule has 1 aromatic rings. The van der Waals surface area contributed by atoms with E-state index in [1.807, 2.05) is 0 Å². The molecule has 20 heavy (non-hydrogen) atoms. The van der Waals surface area contributed by atoms with Gasteiger partial charge in [0.1, 0.15) is 5.82 Å². The maximum atomic E-state index is 13.9. The largest absolute Gasteiger partial charge is 0.314 e. The third kappa shape index (κ3) is 4.76. The van der Waals surface area contributed by atoms with E-state index in [0.717, 1.165) is 26.2 Å². The average molecular weight is 341 g/mol. The summed E-state index contributed by atoms with van der Waals surface area (Å²) < 4.78 is 13.9. The van der Waals surface area contributed by atoms with Crippen LogP contribution in [0.15, 0.2) is 18.2 Å². The molecule has 0 saturated carbocycles. The van der Waals surface area contributed by atoms with Gasteiger partial charge in [0, 0.05) is 36.8 Å². The number of nitrogens with one attached hydrogen (secondary N) is 1. The molecule has 0 unspecified atom stereocenters. The van der Waals surface area contributed by atoms with Crippen molar-refractivity contribution in [3.05, 3.63) is 34.6 Å². The predicted octanol–water partition coefficient (Wildman–Crippen LogP) is 3.18. The fraction of sp³-hybridized carbons (Fsp3) is 0.462. The standard InChI is InChI=1S/C13H15ClFN3.2ClH/c14-10-1-2-12(15)11(9-10)13(3-4-16)18-7-5-17-6-8-18;;/h1-2,9,13,17H,3,5-8H2;2*1H/t13-;;/m0../s1. The molecular weight excluding hydrogens is 324 g/mol. The number of rotatable bonds is 3. The smallest absolute Gasteiger partial charge is 0.128 e. The third-order valence-corrected chi connectivity index (χ3v) is 3.43. The van der Waals surface area contributed by atoms with Gasteiger partial charge in [0.2, 0.25) is 0 Å². The quantitative estimate of drug-likeness (QED) is 0.918. The molecule has 0 spiro atoms. The zero-order chi connectivity index (χ0) is 13.0. The molecule has 1 aromatic carbocycles. The molecule has 0 radical (unpaired) electrons. The minimum atomic E-state index is -0.293. The summed E-state index contributed by atoms with van der Waals surface area (Å²) >= 11 is 5.92. The zero-order valence-corrected chi connectivity index (χ0v) is 13.2. The van der Waals surface area contributed by atoms with Gasteiger partial charge in [-0.1, -0.05) is 11.6 Å². The number of nitriles is 1. The summed E-state index contributed by atoms with van der Waals surface area (Å²) in [5, 5.41) is 12.7. The number of hydrogen-bond acceptors (Lipinski definition) is 3. The SMILES string of the molecule is Cl.Cl.N#CC[C@@H](c1cc(Cl)ccc1F)N1CCNCC1. The summed E-state index contributed by atoms with van der Waals surface area (Å²) in [6.45, 7) is 3.37. The lowest BCUT2D eigenvalue weighted by atomic mass is 10.0. The molecule has 3 nitrogen and oxygen atoms in total. The van der Waals surface area contributed by atoms with Gasteiger partial charge in [0.05, 0.1) is 18.5 Å². The van der Waals surface area contributed by atoms with E-state index in [4.69, 9.17) is 16.9 Å². The van der Waals surface area contributed by atoms with Crippen molar-refractivity contribution < 1.29 is 4.39 Å². The van der Waals surface area contributed by atoms with Crippen molar-refractivity contribution in [2.75, 3.05) is 26.2 Å². The fourth-order valence-electron chi connectivity index (χ4n) is 2.29. The Balaban J connectivity index is 0.00000180. The topological polar surface area (TPSA) is 39.1 Å². The van der Waals surface area contributed by atoms with Crippen LogP contribution in [0.2, 0.25) is 5.02 Å². The van der Waals surface area contributed by atoms with Crippen LogP contribution < -0.4 is 5.32 Å². The number of halogens is 4. The van der Waals surface area contributed by atoms with Crippen LogP contribution in [0.5, 0.6) is 0 Å². The Morgan fingerprint density at radius 1 is 1.35 bits per heavy atom. The van der Waals surface area contributed by atoms with E-state index in [0.29, 0.717) is 10.6 Å². The lowest BCUT2D eigenvalue weighted by Gasteiger charge is -2.34. The number of nitrogens with zero attached hydrogens (tertiary/aromatic N) is 2. The third-order valence-electron chi connectivity index (χ3n) is 3.19. The van der Waals surface area contributed by atoms with Crippen LogP contribution in [0.4, 0.5) is 4.39 Å². The summed E-state index contributed by atoms with van der Waals surface area (Å²) in [6, 6.07) is 6.45. The van der Waals surface area contributed by atoms with Gasteiger partial charge in [-0.05, 0) is 18.2 Å². The van der Waals surface area contributed by atoms with Crippen molar-refractivity contribution in [1.29, 1.82) is 5.26 Å². The van der Waals surface area contributed by atoms with E-state index >= 15 is 0 Å². The molecule has 0 amide bonds. The predicted molar refractivity (Wildman–Crippen MR) is 83.3 cm³/mol. The van der Waals surface area contributed by atoms with Crippen molar-refractivity contribution in [2.24, 2.45) is 0 Å². The first-order chi connectivity index (χ1) is 8.72. The Bertz CT molecular complexity index is 459. The normalized spacial score (nSPS) is 16.4. The first-order valence-electron chi connectivity index (χ1n) is 5.99. The summed E-state index contributed by atoms with van der Waals surface area (Å²) in [7, 11) is 0. The maximum Gasteiger partial charge on any atom is 0.128 e. The van der Waals surface area contributed by atoms with Crippen molar-refractivity contribution in [3.8, 4) is 6.07 Å². The Kier molecular flexibility index (Phi) is 9.11. The lowest BCUT2D eigenvalue weighted by Crippen LogP contribution is -2.45. The monoisotopic (exact) mass is 339 g/mol. The van der Waals surface area contributed by atoms with Crippen molar-refractivity contribution >= 4 is 36.4 Å². The minimum Gasteiger partial charge on any atom is -0.314 e. The van der Waals surface area contributed by atoms with Gasteiger partial charge in [-0.2, -0.15) is 5.26 Å². The van der Waals surface area contributed by atoms with Gasteiger partial charge >= 0.3 is 0 Å². The molecule has 2 rings (SSSR count). The van der Waals surface area contributed by atoms with E-state index < -0.39 is 0 Å². The first-order valence-corrected chi connectivity index (χ1v) is 6.37. The second-order valence-electron chi connectivity index (χ2n) is 4.33. The van der Waals surface area contributed by atoms with Crippen LogP contribution in [-0.2, 0) is 0 Å². The minimum absolute atomic E-state index is 0. The van der Waals surface area contributed by atoms with Gasteiger partial charge < -0.3 is 5.32 Å². The first kappa shape index (κ1) is 19.4. The highest BCUT2D eigenvalue weighted by Crippen LogP contribution is 2.28. The van der Waals surface area contributed by atoms with E-state index in [1.165, 1.54) is 12.1 Å². The van der Waals surface area contributed by atoms with Crippen molar-refractivity contribution in [3.63, 3.8) is 0 Å². The van der Waals surface area contributed by atoms with Crippen LogP contribution >= 0.6 is 36.4 Å². The molecular formula is C13H17Cl3FN3. The maximum absolute atomic E-state index is 13.9. The second kappa shape index (κ2) is 9.38. The fourth-order valence-corrected chi connectivity index (χ4v) is 2.47. The summed E-state index contributed by atoms with van der Waals surface area (Å²) in [6.07, 6.45) is 0.275. The van der Waals surface area contributed by atoms with Crippen LogP contribution in [0.1, 0.15) is 18.0 Å². The molecule has 1 aliphatic rings. The Morgan fingerprint density at radius 3 is 2.60 bits per heavy atom. The molecule has 1 fully saturated rings. The molecule has 0 aromatic heterocycles. The van der Waals surface area contributed by atoms with E-state index in [-0.39, 0.29) is 43.1 Å². The van der Waals surface area contributed by atoms with Crippen LogP contribution in [0.25, 0.3) is 0 Å². The summed E-state index contributed by atoms with van der Waals surface area (Å²) in [5.41, 5.74) is 0.519. The highest BCUT2D eigenvalue weighted by atomic mass is 35.5. The van der Waals surface area contributed by atoms with Gasteiger partial charge in [-0.25, -0.2) is 4.39 Å². The van der Waals surface area contributed by atoms with E-state index in [1.54, 1.807) is 6.07 Å². The average Bonchev–Trinajstić information content (AvgIpc) is 2.40. The highest BCUT2D eigenvalue weighted by Gasteiger charge is 2.24. The van der Waals surface area contributed by atoms with Gasteiger partial charge in [0.15, 0.2) is 0 Å². The zero-order valence-electron chi connectivity index (χ0n) is 10.8. The Hall–Kier alpha value is -0.570. The molecule has 1 heterocycles. The van der Waals surface area contributed by atoms with Crippen LogP contribution in [0.3, 0.4) is 0 Å². The highest BCUT2D eigenvalue weighted by molar-refractivity contribution is 6.30. The second-order valence-corrected chi connectivity index (χ2v) is 4.77.